The van der Waals surface area contributed by atoms with Crippen molar-refractivity contribution >= 4 is 17.6 Å². The Kier molecular flexibility index (Phi) is 9.12. The van der Waals surface area contributed by atoms with Gasteiger partial charge in [-0.05, 0) is 79.8 Å². The number of aromatic nitrogens is 1. The molecule has 1 saturated heterocycles. The highest BCUT2D eigenvalue weighted by atomic mass is 19.4. The van der Waals surface area contributed by atoms with Gasteiger partial charge in [0, 0.05) is 36.3 Å². The third kappa shape index (κ3) is 7.80. The van der Waals surface area contributed by atoms with Gasteiger partial charge in [-0.15, -0.1) is 0 Å². The summed E-state index contributed by atoms with van der Waals surface area (Å²) in [6.07, 6.45) is -9.34. The van der Waals surface area contributed by atoms with Gasteiger partial charge in [-0.1, -0.05) is 18.2 Å². The molecule has 0 saturated carbocycles. The van der Waals surface area contributed by atoms with E-state index in [0.717, 1.165) is 6.07 Å². The number of piperidine rings is 1. The molecular formula is C30H29F6N3O3. The number of anilines is 1. The van der Waals surface area contributed by atoms with Gasteiger partial charge in [-0.3, -0.25) is 9.59 Å². The van der Waals surface area contributed by atoms with E-state index in [1.54, 1.807) is 31.2 Å². The first-order valence-electron chi connectivity index (χ1n) is 13.3. The van der Waals surface area contributed by atoms with E-state index in [4.69, 9.17) is 0 Å². The molecule has 3 aromatic rings. The smallest absolute Gasteiger partial charge is 0.433 e. The molecule has 42 heavy (non-hydrogen) atoms. The number of benzene rings is 2. The zero-order valence-corrected chi connectivity index (χ0v) is 22.6. The molecule has 0 bridgehead atoms. The van der Waals surface area contributed by atoms with E-state index in [2.05, 4.69) is 10.3 Å². The van der Waals surface area contributed by atoms with Crippen LogP contribution in [0, 0.1) is 12.8 Å². The number of nitrogens with zero attached hydrogens (tertiary/aromatic N) is 2. The van der Waals surface area contributed by atoms with Crippen LogP contribution in [0.2, 0.25) is 0 Å². The molecule has 1 aliphatic heterocycles. The quantitative estimate of drug-likeness (QED) is 0.264. The van der Waals surface area contributed by atoms with Crippen LogP contribution in [0.1, 0.15) is 58.9 Å². The van der Waals surface area contributed by atoms with Crippen LogP contribution in [0.15, 0.2) is 60.7 Å². The summed E-state index contributed by atoms with van der Waals surface area (Å²) in [7, 11) is 0. The lowest BCUT2D eigenvalue weighted by Gasteiger charge is -2.30. The first-order chi connectivity index (χ1) is 19.7. The summed E-state index contributed by atoms with van der Waals surface area (Å²) in [4.78, 5) is 29.4. The SMILES string of the molecule is Cc1cc(-c2cccc(C(F)(F)F)n2)ccc1C(CCC(F)(F)F)Nc1ccc(C(=O)N2CCC[C@@H](C(=O)O)C2)cc1. The Morgan fingerprint density at radius 2 is 1.76 bits per heavy atom. The van der Waals surface area contributed by atoms with Crippen LogP contribution >= 0.6 is 0 Å². The average molecular weight is 594 g/mol. The van der Waals surface area contributed by atoms with E-state index in [-0.39, 0.29) is 24.6 Å². The highest BCUT2D eigenvalue weighted by Gasteiger charge is 2.33. The molecule has 2 atom stereocenters. The Labute approximate surface area is 238 Å². The zero-order chi connectivity index (χ0) is 30.7. The number of aliphatic carboxylic acids is 1. The number of rotatable bonds is 8. The fourth-order valence-corrected chi connectivity index (χ4v) is 5.05. The Morgan fingerprint density at radius 3 is 2.38 bits per heavy atom. The second-order valence-electron chi connectivity index (χ2n) is 10.3. The number of nitrogens with one attached hydrogen (secondary N) is 1. The van der Waals surface area contributed by atoms with E-state index < -0.39 is 42.4 Å². The number of aryl methyl sites for hydroxylation is 1. The predicted molar refractivity (Wildman–Crippen MR) is 144 cm³/mol. The summed E-state index contributed by atoms with van der Waals surface area (Å²) in [5.41, 5.74) is 1.32. The normalized spacial score (nSPS) is 16.6. The number of carboxylic acid groups (broad SMARTS) is 1. The van der Waals surface area contributed by atoms with Crippen molar-refractivity contribution in [3.63, 3.8) is 0 Å². The third-order valence-electron chi connectivity index (χ3n) is 7.23. The van der Waals surface area contributed by atoms with E-state index >= 15 is 0 Å². The lowest BCUT2D eigenvalue weighted by atomic mass is 9.94. The predicted octanol–water partition coefficient (Wildman–Crippen LogP) is 7.51. The molecular weight excluding hydrogens is 564 g/mol. The molecule has 0 spiro atoms. The summed E-state index contributed by atoms with van der Waals surface area (Å²) >= 11 is 0. The molecule has 6 nitrogen and oxygen atoms in total. The lowest BCUT2D eigenvalue weighted by molar-refractivity contribution is -0.143. The molecule has 1 aliphatic rings. The Hall–Kier alpha value is -4.09. The fraction of sp³-hybridized carbons (Fsp3) is 0.367. The molecule has 12 heteroatoms. The van der Waals surface area contributed by atoms with E-state index in [0.29, 0.717) is 47.3 Å². The number of likely N-dealkylation sites (tertiary alicyclic amines) is 1. The van der Waals surface area contributed by atoms with Crippen molar-refractivity contribution in [3.05, 3.63) is 83.0 Å². The van der Waals surface area contributed by atoms with Crippen molar-refractivity contribution in [3.8, 4) is 11.3 Å². The van der Waals surface area contributed by atoms with E-state index in [1.165, 1.54) is 35.2 Å². The Balaban J connectivity index is 1.54. The van der Waals surface area contributed by atoms with Crippen molar-refractivity contribution in [1.29, 1.82) is 0 Å². The molecule has 1 amide bonds. The summed E-state index contributed by atoms with van der Waals surface area (Å²) in [5.74, 6) is -1.90. The topological polar surface area (TPSA) is 82.5 Å². The van der Waals surface area contributed by atoms with Crippen LogP contribution in [0.3, 0.4) is 0 Å². The fourth-order valence-electron chi connectivity index (χ4n) is 5.05. The van der Waals surface area contributed by atoms with Gasteiger partial charge in [0.25, 0.3) is 5.91 Å². The van der Waals surface area contributed by atoms with Gasteiger partial charge in [0.1, 0.15) is 5.69 Å². The number of amides is 1. The zero-order valence-electron chi connectivity index (χ0n) is 22.6. The molecule has 224 valence electrons. The minimum atomic E-state index is -4.62. The number of hydrogen-bond acceptors (Lipinski definition) is 4. The number of carbonyl (C=O) groups is 2. The second-order valence-corrected chi connectivity index (χ2v) is 10.3. The van der Waals surface area contributed by atoms with Gasteiger partial charge in [0.15, 0.2) is 0 Å². The average Bonchev–Trinajstić information content (AvgIpc) is 2.94. The molecule has 0 aliphatic carbocycles. The maximum Gasteiger partial charge on any atom is 0.433 e. The first kappa shape index (κ1) is 30.9. The molecule has 0 radical (unpaired) electrons. The van der Waals surface area contributed by atoms with Gasteiger partial charge in [0.05, 0.1) is 17.7 Å². The lowest BCUT2D eigenvalue weighted by Crippen LogP contribution is -2.42. The largest absolute Gasteiger partial charge is 0.481 e. The van der Waals surface area contributed by atoms with Crippen molar-refractivity contribution in [2.24, 2.45) is 5.92 Å². The number of alkyl halides is 6. The van der Waals surface area contributed by atoms with Crippen LogP contribution in [0.5, 0.6) is 0 Å². The maximum atomic E-state index is 13.2. The molecule has 2 aromatic carbocycles. The number of carboxylic acids is 1. The van der Waals surface area contributed by atoms with Gasteiger partial charge >= 0.3 is 18.3 Å². The van der Waals surface area contributed by atoms with Crippen molar-refractivity contribution in [2.45, 2.75) is 51.0 Å². The van der Waals surface area contributed by atoms with Gasteiger partial charge in [-0.25, -0.2) is 4.98 Å². The van der Waals surface area contributed by atoms with Gasteiger partial charge in [-0.2, -0.15) is 26.3 Å². The monoisotopic (exact) mass is 593 g/mol. The first-order valence-corrected chi connectivity index (χ1v) is 13.3. The van der Waals surface area contributed by atoms with Gasteiger partial charge < -0.3 is 15.3 Å². The Bertz CT molecular complexity index is 1420. The van der Waals surface area contributed by atoms with Crippen LogP contribution in [0.25, 0.3) is 11.3 Å². The number of hydrogen-bond donors (Lipinski definition) is 2. The Morgan fingerprint density at radius 1 is 1.05 bits per heavy atom. The molecule has 2 N–H and O–H groups in total. The third-order valence-corrected chi connectivity index (χ3v) is 7.23. The van der Waals surface area contributed by atoms with Crippen molar-refractivity contribution < 1.29 is 41.0 Å². The van der Waals surface area contributed by atoms with Crippen LogP contribution in [-0.2, 0) is 11.0 Å². The highest BCUT2D eigenvalue weighted by Crippen LogP contribution is 2.34. The van der Waals surface area contributed by atoms with Crippen molar-refractivity contribution in [1.82, 2.24) is 9.88 Å². The molecule has 1 fully saturated rings. The highest BCUT2D eigenvalue weighted by molar-refractivity contribution is 5.95. The maximum absolute atomic E-state index is 13.2. The van der Waals surface area contributed by atoms with Crippen LogP contribution in [-0.4, -0.2) is 46.1 Å². The van der Waals surface area contributed by atoms with Crippen LogP contribution in [0.4, 0.5) is 32.0 Å². The standard InChI is InChI=1S/C30H29F6N3O3/c1-18-16-20(24-5-2-6-26(38-24)30(34,35)36)9-12-23(18)25(13-14-29(31,32)33)37-22-10-7-19(8-11-22)27(40)39-15-3-4-21(17-39)28(41)42/h2,5-12,16,21,25,37H,3-4,13-15,17H2,1H3,(H,41,42)/t21-,25?/m1/s1. The summed E-state index contributed by atoms with van der Waals surface area (Å²) in [5, 5.41) is 12.4. The molecule has 2 heterocycles. The van der Waals surface area contributed by atoms with Gasteiger partial charge in [0.2, 0.25) is 0 Å². The van der Waals surface area contributed by atoms with E-state index in [1.807, 2.05) is 0 Å². The number of carbonyl (C=O) groups excluding carboxylic acids is 1. The summed E-state index contributed by atoms with van der Waals surface area (Å²) in [6.45, 7) is 2.21. The minimum Gasteiger partial charge on any atom is -0.481 e. The second kappa shape index (κ2) is 12.4. The molecule has 4 rings (SSSR count). The summed E-state index contributed by atoms with van der Waals surface area (Å²) < 4.78 is 78.9. The number of pyridine rings is 1. The van der Waals surface area contributed by atoms with Crippen molar-refractivity contribution in [2.75, 3.05) is 18.4 Å². The summed E-state index contributed by atoms with van der Waals surface area (Å²) in [6, 6.07) is 13.6. The van der Waals surface area contributed by atoms with E-state index in [9.17, 15) is 41.0 Å². The number of halogens is 6. The minimum absolute atomic E-state index is 0.0860. The van der Waals surface area contributed by atoms with Crippen LogP contribution < -0.4 is 5.32 Å². The molecule has 1 aromatic heterocycles. The molecule has 1 unspecified atom stereocenters.